The Hall–Kier alpha value is 0.0600. The largest absolute Gasteiger partial charge is 0.312 e. The van der Waals surface area contributed by atoms with Gasteiger partial charge in [-0.15, -0.1) is 0 Å². The van der Waals surface area contributed by atoms with Gasteiger partial charge in [-0.05, 0) is 6.92 Å². The van der Waals surface area contributed by atoms with Crippen molar-refractivity contribution in [2.75, 3.05) is 30.1 Å². The highest BCUT2D eigenvalue weighted by atomic mass is 32.2. The number of hydrogen-bond donors (Lipinski definition) is 1. The van der Waals surface area contributed by atoms with Gasteiger partial charge in [-0.1, -0.05) is 6.92 Å². The molecular formula is C8H19NO3S2. The van der Waals surface area contributed by atoms with Gasteiger partial charge < -0.3 is 5.32 Å². The van der Waals surface area contributed by atoms with Crippen LogP contribution in [0.5, 0.6) is 0 Å². The van der Waals surface area contributed by atoms with Crippen molar-refractivity contribution in [2.45, 2.75) is 19.9 Å². The van der Waals surface area contributed by atoms with E-state index >= 15 is 0 Å². The van der Waals surface area contributed by atoms with Crippen molar-refractivity contribution in [2.24, 2.45) is 0 Å². The normalized spacial score (nSPS) is 16.5. The van der Waals surface area contributed by atoms with Crippen LogP contribution in [0.3, 0.4) is 0 Å². The van der Waals surface area contributed by atoms with Crippen molar-refractivity contribution in [3.05, 3.63) is 0 Å². The molecule has 0 aliphatic carbocycles. The summed E-state index contributed by atoms with van der Waals surface area (Å²) in [6.07, 6.45) is 1.63. The zero-order valence-electron chi connectivity index (χ0n) is 8.95. The van der Waals surface area contributed by atoms with Gasteiger partial charge in [-0.3, -0.25) is 4.21 Å². The molecule has 1 N–H and O–H groups in total. The third kappa shape index (κ3) is 7.46. The summed E-state index contributed by atoms with van der Waals surface area (Å²) in [4.78, 5) is 0. The maximum atomic E-state index is 11.2. The van der Waals surface area contributed by atoms with Crippen molar-refractivity contribution >= 4 is 20.6 Å². The van der Waals surface area contributed by atoms with Gasteiger partial charge in [-0.25, -0.2) is 8.42 Å². The Morgan fingerprint density at radius 2 is 2.00 bits per heavy atom. The van der Waals surface area contributed by atoms with Crippen molar-refractivity contribution < 1.29 is 12.6 Å². The van der Waals surface area contributed by atoms with Crippen LogP contribution in [-0.2, 0) is 20.6 Å². The topological polar surface area (TPSA) is 63.2 Å². The molecule has 0 amide bonds. The molecule has 0 heterocycles. The van der Waals surface area contributed by atoms with Gasteiger partial charge in [0.15, 0.2) is 9.84 Å². The lowest BCUT2D eigenvalue weighted by molar-refractivity contribution is 0.567. The second-order valence-electron chi connectivity index (χ2n) is 3.33. The van der Waals surface area contributed by atoms with Crippen LogP contribution in [0.1, 0.15) is 13.8 Å². The molecule has 0 rings (SSSR count). The molecule has 0 aromatic heterocycles. The van der Waals surface area contributed by atoms with E-state index in [1.807, 2.05) is 6.92 Å². The van der Waals surface area contributed by atoms with E-state index in [4.69, 9.17) is 0 Å². The van der Waals surface area contributed by atoms with Crippen molar-refractivity contribution in [3.8, 4) is 0 Å². The smallest absolute Gasteiger partial charge is 0.151 e. The molecule has 0 radical (unpaired) electrons. The molecule has 0 aromatic rings. The van der Waals surface area contributed by atoms with Crippen LogP contribution >= 0.6 is 0 Å². The molecule has 6 heteroatoms. The summed E-state index contributed by atoms with van der Waals surface area (Å²) in [7, 11) is -3.73. The first-order valence-corrected chi connectivity index (χ1v) is 8.16. The summed E-state index contributed by atoms with van der Waals surface area (Å²) in [6.45, 7) is 4.07. The predicted molar refractivity (Wildman–Crippen MR) is 60.7 cm³/mol. The van der Waals surface area contributed by atoms with E-state index in [9.17, 15) is 12.6 Å². The van der Waals surface area contributed by atoms with Crippen LogP contribution in [0.4, 0.5) is 0 Å². The van der Waals surface area contributed by atoms with Crippen LogP contribution in [-0.4, -0.2) is 48.7 Å². The fourth-order valence-corrected chi connectivity index (χ4v) is 2.53. The van der Waals surface area contributed by atoms with Crippen LogP contribution in [0, 0.1) is 0 Å². The molecule has 0 fully saturated rings. The molecule has 0 saturated carbocycles. The Labute approximate surface area is 88.8 Å². The van der Waals surface area contributed by atoms with Gasteiger partial charge in [0.05, 0.1) is 5.75 Å². The molecule has 0 saturated heterocycles. The second-order valence-corrected chi connectivity index (χ2v) is 7.28. The third-order valence-corrected chi connectivity index (χ3v) is 4.49. The summed E-state index contributed by atoms with van der Waals surface area (Å²) in [5.41, 5.74) is 0. The molecule has 0 spiro atoms. The van der Waals surface area contributed by atoms with Gasteiger partial charge in [0.25, 0.3) is 0 Å². The summed E-state index contributed by atoms with van der Waals surface area (Å²) in [5, 5.41) is 3.03. The van der Waals surface area contributed by atoms with E-state index in [-0.39, 0.29) is 17.5 Å². The highest BCUT2D eigenvalue weighted by Crippen LogP contribution is 1.93. The van der Waals surface area contributed by atoms with Gasteiger partial charge in [0.1, 0.15) is 0 Å². The zero-order valence-corrected chi connectivity index (χ0v) is 10.6. The Morgan fingerprint density at radius 3 is 2.43 bits per heavy atom. The first kappa shape index (κ1) is 14.1. The molecule has 2 atom stereocenters. The van der Waals surface area contributed by atoms with Gasteiger partial charge in [-0.2, -0.15) is 0 Å². The Balaban J connectivity index is 3.76. The summed E-state index contributed by atoms with van der Waals surface area (Å²) in [5.74, 6) is 0.898. The fourth-order valence-electron chi connectivity index (χ4n) is 1.01. The summed E-state index contributed by atoms with van der Waals surface area (Å²) in [6, 6.07) is -0.0662. The van der Waals surface area contributed by atoms with E-state index < -0.39 is 20.6 Å². The molecule has 2 unspecified atom stereocenters. The second kappa shape index (κ2) is 6.53. The number of rotatable bonds is 7. The van der Waals surface area contributed by atoms with Crippen LogP contribution in [0.25, 0.3) is 0 Å². The standard InChI is InChI=1S/C8H19NO3S2/c1-4-14(11,12)7-8(2)9-5-6-13(3)10/h8-9H,4-7H2,1-3H3. The Kier molecular flexibility index (Phi) is 6.55. The lowest BCUT2D eigenvalue weighted by Gasteiger charge is -2.12. The average Bonchev–Trinajstić information content (AvgIpc) is 2.02. The van der Waals surface area contributed by atoms with Gasteiger partial charge >= 0.3 is 0 Å². The molecule has 14 heavy (non-hydrogen) atoms. The minimum Gasteiger partial charge on any atom is -0.312 e. The molecule has 0 aliphatic heterocycles. The first-order chi connectivity index (χ1) is 6.37. The summed E-state index contributed by atoms with van der Waals surface area (Å²) < 4.78 is 33.1. The maximum Gasteiger partial charge on any atom is 0.151 e. The minimum absolute atomic E-state index is 0.0662. The Morgan fingerprint density at radius 1 is 1.43 bits per heavy atom. The van der Waals surface area contributed by atoms with Crippen LogP contribution in [0.15, 0.2) is 0 Å². The molecule has 4 nitrogen and oxygen atoms in total. The van der Waals surface area contributed by atoms with E-state index in [0.29, 0.717) is 12.3 Å². The van der Waals surface area contributed by atoms with E-state index in [1.54, 1.807) is 13.2 Å². The highest BCUT2D eigenvalue weighted by molar-refractivity contribution is 7.91. The van der Waals surface area contributed by atoms with Crippen LogP contribution < -0.4 is 5.32 Å². The number of hydrogen-bond acceptors (Lipinski definition) is 4. The van der Waals surface area contributed by atoms with Gasteiger partial charge in [0.2, 0.25) is 0 Å². The van der Waals surface area contributed by atoms with Crippen LogP contribution in [0.2, 0.25) is 0 Å². The zero-order chi connectivity index (χ0) is 11.2. The number of sulfone groups is 1. The first-order valence-electron chi connectivity index (χ1n) is 4.61. The monoisotopic (exact) mass is 241 g/mol. The van der Waals surface area contributed by atoms with Gasteiger partial charge in [0, 0.05) is 41.1 Å². The fraction of sp³-hybridized carbons (Fsp3) is 1.00. The molecule has 86 valence electrons. The molecular weight excluding hydrogens is 222 g/mol. The lowest BCUT2D eigenvalue weighted by Crippen LogP contribution is -2.35. The summed E-state index contributed by atoms with van der Waals surface area (Å²) >= 11 is 0. The quantitative estimate of drug-likeness (QED) is 0.669. The predicted octanol–water partition coefficient (Wildman–Crippen LogP) is -0.222. The average molecular weight is 241 g/mol. The van der Waals surface area contributed by atoms with Crippen molar-refractivity contribution in [1.29, 1.82) is 0 Å². The molecule has 0 aliphatic rings. The maximum absolute atomic E-state index is 11.2. The number of nitrogens with one attached hydrogen (secondary N) is 1. The molecule has 0 aromatic carbocycles. The minimum atomic E-state index is -2.91. The van der Waals surface area contributed by atoms with E-state index in [2.05, 4.69) is 5.32 Å². The lowest BCUT2D eigenvalue weighted by atomic mass is 10.4. The SMILES string of the molecule is CCS(=O)(=O)CC(C)NCCS(C)=O. The Bertz CT molecular complexity index is 274. The van der Waals surface area contributed by atoms with Crippen molar-refractivity contribution in [1.82, 2.24) is 5.32 Å². The highest BCUT2D eigenvalue weighted by Gasteiger charge is 2.12. The van der Waals surface area contributed by atoms with E-state index in [0.717, 1.165) is 0 Å². The van der Waals surface area contributed by atoms with E-state index in [1.165, 1.54) is 0 Å². The third-order valence-electron chi connectivity index (χ3n) is 1.83. The van der Waals surface area contributed by atoms with Crippen molar-refractivity contribution in [3.63, 3.8) is 0 Å². The molecule has 0 bridgehead atoms.